The van der Waals surface area contributed by atoms with Crippen LogP contribution < -0.4 is 9.62 Å². The summed E-state index contributed by atoms with van der Waals surface area (Å²) in [7, 11) is -3.40. The molecule has 144 valence electrons. The molecule has 0 aromatic heterocycles. The predicted octanol–water partition coefficient (Wildman–Crippen LogP) is 3.31. The fourth-order valence-electron chi connectivity index (χ4n) is 2.68. The number of carbonyl (C=O) groups excluding carboxylic acids is 1. The van der Waals surface area contributed by atoms with Crippen molar-refractivity contribution < 1.29 is 13.2 Å². The number of anilines is 1. The zero-order chi connectivity index (χ0) is 19.9. The van der Waals surface area contributed by atoms with Crippen molar-refractivity contribution in [3.05, 3.63) is 77.9 Å². The van der Waals surface area contributed by atoms with Crippen molar-refractivity contribution in [2.24, 2.45) is 0 Å². The third-order valence-corrected chi connectivity index (χ3v) is 5.32. The molecule has 2 aromatic carbocycles. The number of sulfonamides is 1. The van der Waals surface area contributed by atoms with Gasteiger partial charge in [-0.25, -0.2) is 8.42 Å². The van der Waals surface area contributed by atoms with Crippen LogP contribution in [-0.2, 0) is 16.4 Å². The summed E-state index contributed by atoms with van der Waals surface area (Å²) in [6.45, 7) is 6.41. The van der Waals surface area contributed by atoms with Gasteiger partial charge in [0.05, 0.1) is 18.5 Å². The molecule has 0 fully saturated rings. The Labute approximate surface area is 161 Å². The molecule has 6 heteroatoms. The Morgan fingerprint density at radius 3 is 2.30 bits per heavy atom. The summed E-state index contributed by atoms with van der Waals surface area (Å²) in [5, 5.41) is 2.90. The van der Waals surface area contributed by atoms with Gasteiger partial charge in [0.15, 0.2) is 0 Å². The van der Waals surface area contributed by atoms with Crippen LogP contribution in [0.25, 0.3) is 0 Å². The standard InChI is InChI=1S/C21H26N2O3S/c1-4-16-23(27(3,25)26)20-13-11-19(12-14-20)21(24)22-15-5-6-18-9-7-17(2)8-10-18/h4,7-14H,1,5-6,15-16H2,2-3H3,(H,22,24). The van der Waals surface area contributed by atoms with Gasteiger partial charge in [-0.05, 0) is 49.6 Å². The van der Waals surface area contributed by atoms with Gasteiger partial charge in [0.2, 0.25) is 10.0 Å². The molecule has 0 bridgehead atoms. The van der Waals surface area contributed by atoms with Crippen molar-refractivity contribution in [1.29, 1.82) is 0 Å². The van der Waals surface area contributed by atoms with Crippen LogP contribution in [0.15, 0.2) is 61.2 Å². The molecule has 0 aliphatic carbocycles. The minimum Gasteiger partial charge on any atom is -0.352 e. The molecule has 0 heterocycles. The minimum absolute atomic E-state index is 0.167. The molecule has 5 nitrogen and oxygen atoms in total. The van der Waals surface area contributed by atoms with Crippen molar-refractivity contribution in [3.63, 3.8) is 0 Å². The van der Waals surface area contributed by atoms with Crippen LogP contribution in [-0.4, -0.2) is 33.7 Å². The number of nitrogens with zero attached hydrogens (tertiary/aromatic N) is 1. The second-order valence-electron chi connectivity index (χ2n) is 6.47. The third kappa shape index (κ3) is 6.25. The lowest BCUT2D eigenvalue weighted by atomic mass is 10.1. The highest BCUT2D eigenvalue weighted by Gasteiger charge is 2.16. The predicted molar refractivity (Wildman–Crippen MR) is 111 cm³/mol. The van der Waals surface area contributed by atoms with Crippen LogP contribution in [0.1, 0.15) is 27.9 Å². The number of benzene rings is 2. The van der Waals surface area contributed by atoms with Crippen LogP contribution in [0.2, 0.25) is 0 Å². The first kappa shape index (κ1) is 20.7. The first-order chi connectivity index (χ1) is 12.8. The average molecular weight is 387 g/mol. The zero-order valence-corrected chi connectivity index (χ0v) is 16.6. The van der Waals surface area contributed by atoms with Gasteiger partial charge in [0.25, 0.3) is 5.91 Å². The molecule has 0 aliphatic heterocycles. The molecule has 0 aliphatic rings. The second-order valence-corrected chi connectivity index (χ2v) is 8.38. The molecular formula is C21H26N2O3S. The number of nitrogens with one attached hydrogen (secondary N) is 1. The number of rotatable bonds is 9. The van der Waals surface area contributed by atoms with E-state index in [-0.39, 0.29) is 12.5 Å². The Morgan fingerprint density at radius 1 is 1.11 bits per heavy atom. The van der Waals surface area contributed by atoms with Crippen LogP contribution in [0.3, 0.4) is 0 Å². The molecule has 2 rings (SSSR count). The van der Waals surface area contributed by atoms with E-state index in [1.165, 1.54) is 21.5 Å². The molecule has 0 saturated carbocycles. The maximum atomic E-state index is 12.2. The number of hydrogen-bond donors (Lipinski definition) is 1. The Bertz CT molecular complexity index is 873. The van der Waals surface area contributed by atoms with E-state index < -0.39 is 10.0 Å². The molecule has 0 saturated heterocycles. The smallest absolute Gasteiger partial charge is 0.251 e. The summed E-state index contributed by atoms with van der Waals surface area (Å²) in [5.74, 6) is -0.167. The number of amides is 1. The van der Waals surface area contributed by atoms with Crippen molar-refractivity contribution in [1.82, 2.24) is 5.32 Å². The van der Waals surface area contributed by atoms with Crippen molar-refractivity contribution in [3.8, 4) is 0 Å². The Hall–Kier alpha value is -2.60. The number of aryl methyl sites for hydroxylation is 2. The minimum atomic E-state index is -3.40. The van der Waals surface area contributed by atoms with E-state index >= 15 is 0 Å². The highest BCUT2D eigenvalue weighted by molar-refractivity contribution is 7.92. The topological polar surface area (TPSA) is 66.5 Å². The normalized spacial score (nSPS) is 11.0. The third-order valence-electron chi connectivity index (χ3n) is 4.16. The highest BCUT2D eigenvalue weighted by atomic mass is 32.2. The van der Waals surface area contributed by atoms with E-state index in [1.54, 1.807) is 24.3 Å². The van der Waals surface area contributed by atoms with Crippen LogP contribution in [0.5, 0.6) is 0 Å². The van der Waals surface area contributed by atoms with Crippen LogP contribution in [0.4, 0.5) is 5.69 Å². The van der Waals surface area contributed by atoms with Gasteiger partial charge in [-0.15, -0.1) is 6.58 Å². The Morgan fingerprint density at radius 2 is 1.74 bits per heavy atom. The molecule has 27 heavy (non-hydrogen) atoms. The monoisotopic (exact) mass is 386 g/mol. The van der Waals surface area contributed by atoms with E-state index in [9.17, 15) is 13.2 Å². The number of hydrogen-bond acceptors (Lipinski definition) is 3. The average Bonchev–Trinajstić information content (AvgIpc) is 2.64. The van der Waals surface area contributed by atoms with Crippen LogP contribution in [0, 0.1) is 6.92 Å². The first-order valence-corrected chi connectivity index (χ1v) is 10.7. The summed E-state index contributed by atoms with van der Waals surface area (Å²) in [4.78, 5) is 12.2. The van der Waals surface area contributed by atoms with Crippen molar-refractivity contribution in [2.45, 2.75) is 19.8 Å². The fraction of sp³-hybridized carbons (Fsp3) is 0.286. The van der Waals surface area contributed by atoms with Gasteiger partial charge in [0.1, 0.15) is 0 Å². The van der Waals surface area contributed by atoms with Gasteiger partial charge in [-0.1, -0.05) is 35.9 Å². The largest absolute Gasteiger partial charge is 0.352 e. The molecular weight excluding hydrogens is 360 g/mol. The summed E-state index contributed by atoms with van der Waals surface area (Å²) in [6, 6.07) is 14.9. The van der Waals surface area contributed by atoms with Crippen LogP contribution >= 0.6 is 0 Å². The van der Waals surface area contributed by atoms with E-state index in [2.05, 4.69) is 43.1 Å². The van der Waals surface area contributed by atoms with Gasteiger partial charge < -0.3 is 5.32 Å². The quantitative estimate of drug-likeness (QED) is 0.531. The van der Waals surface area contributed by atoms with E-state index in [0.29, 0.717) is 17.8 Å². The van der Waals surface area contributed by atoms with E-state index in [0.717, 1.165) is 19.1 Å². The van der Waals surface area contributed by atoms with Gasteiger partial charge in [-0.3, -0.25) is 9.10 Å². The van der Waals surface area contributed by atoms with E-state index in [1.807, 2.05) is 0 Å². The maximum absolute atomic E-state index is 12.2. The lowest BCUT2D eigenvalue weighted by Crippen LogP contribution is -2.30. The van der Waals surface area contributed by atoms with Gasteiger partial charge in [-0.2, -0.15) is 0 Å². The summed E-state index contributed by atoms with van der Waals surface area (Å²) >= 11 is 0. The maximum Gasteiger partial charge on any atom is 0.251 e. The molecule has 0 atom stereocenters. The fourth-order valence-corrected chi connectivity index (χ4v) is 3.56. The SMILES string of the molecule is C=CCN(c1ccc(C(=O)NCCCc2ccc(C)cc2)cc1)S(C)(=O)=O. The Kier molecular flexibility index (Phi) is 7.19. The number of carbonyl (C=O) groups is 1. The van der Waals surface area contributed by atoms with Crippen molar-refractivity contribution in [2.75, 3.05) is 23.7 Å². The molecule has 1 amide bonds. The van der Waals surface area contributed by atoms with Gasteiger partial charge in [0, 0.05) is 12.1 Å². The molecule has 1 N–H and O–H groups in total. The Balaban J connectivity index is 1.89. The zero-order valence-electron chi connectivity index (χ0n) is 15.8. The summed E-state index contributed by atoms with van der Waals surface area (Å²) < 4.78 is 24.9. The lowest BCUT2D eigenvalue weighted by molar-refractivity contribution is 0.0953. The van der Waals surface area contributed by atoms with Gasteiger partial charge >= 0.3 is 0 Å². The van der Waals surface area contributed by atoms with Crippen molar-refractivity contribution >= 4 is 21.6 Å². The molecule has 2 aromatic rings. The summed E-state index contributed by atoms with van der Waals surface area (Å²) in [5.41, 5.74) is 3.50. The second kappa shape index (κ2) is 9.37. The molecule has 0 radical (unpaired) electrons. The molecule has 0 unspecified atom stereocenters. The highest BCUT2D eigenvalue weighted by Crippen LogP contribution is 2.18. The lowest BCUT2D eigenvalue weighted by Gasteiger charge is -2.20. The first-order valence-electron chi connectivity index (χ1n) is 8.83. The summed E-state index contributed by atoms with van der Waals surface area (Å²) in [6.07, 6.45) is 4.43. The van der Waals surface area contributed by atoms with E-state index in [4.69, 9.17) is 0 Å². The molecule has 0 spiro atoms.